The number of carbonyl (C=O) groups is 2. The molecule has 2 aromatic rings. The Morgan fingerprint density at radius 1 is 0.962 bits per heavy atom. The van der Waals surface area contributed by atoms with Crippen molar-refractivity contribution in [1.29, 1.82) is 0 Å². The molecule has 0 radical (unpaired) electrons. The Balaban J connectivity index is 1.43. The molecule has 2 aliphatic rings. The average Bonchev–Trinajstić information content (AvgIpc) is 3.13. The van der Waals surface area contributed by atoms with Crippen molar-refractivity contribution < 1.29 is 9.59 Å². The zero-order valence-electron chi connectivity index (χ0n) is 15.0. The Labute approximate surface area is 154 Å². The van der Waals surface area contributed by atoms with Crippen molar-refractivity contribution in [3.63, 3.8) is 0 Å². The smallest absolute Gasteiger partial charge is 0.227 e. The molecule has 4 rings (SSSR count). The van der Waals surface area contributed by atoms with E-state index >= 15 is 0 Å². The highest BCUT2D eigenvalue weighted by Crippen LogP contribution is 2.32. The lowest BCUT2D eigenvalue weighted by atomic mass is 9.98. The summed E-state index contributed by atoms with van der Waals surface area (Å²) in [7, 11) is 0. The summed E-state index contributed by atoms with van der Waals surface area (Å²) in [6.45, 7) is 0.697. The lowest BCUT2D eigenvalue weighted by Gasteiger charge is -2.30. The van der Waals surface area contributed by atoms with Gasteiger partial charge in [-0.05, 0) is 67.0 Å². The first-order valence-electron chi connectivity index (χ1n) is 9.46. The second-order valence-corrected chi connectivity index (χ2v) is 7.25. The largest absolute Gasteiger partial charge is 0.398 e. The zero-order chi connectivity index (χ0) is 18.1. The Morgan fingerprint density at radius 3 is 2.69 bits per heavy atom. The number of carbonyl (C=O) groups excluding carboxylic acids is 2. The molecular formula is C22H24N2O2. The van der Waals surface area contributed by atoms with Gasteiger partial charge in [0, 0.05) is 36.3 Å². The third-order valence-electron chi connectivity index (χ3n) is 5.57. The molecule has 4 nitrogen and oxygen atoms in total. The number of hydrogen-bond donors (Lipinski definition) is 1. The average molecular weight is 348 g/mol. The molecule has 2 N–H and O–H groups in total. The van der Waals surface area contributed by atoms with E-state index in [-0.39, 0.29) is 24.5 Å². The molecule has 4 heteroatoms. The number of anilines is 2. The molecule has 134 valence electrons. The summed E-state index contributed by atoms with van der Waals surface area (Å²) in [5.41, 5.74) is 12.2. The molecule has 0 fully saturated rings. The van der Waals surface area contributed by atoms with E-state index in [0.29, 0.717) is 6.54 Å². The second kappa shape index (κ2) is 6.94. The molecular weight excluding hydrogens is 324 g/mol. The topological polar surface area (TPSA) is 63.4 Å². The third kappa shape index (κ3) is 3.12. The van der Waals surface area contributed by atoms with Crippen LogP contribution in [-0.2, 0) is 24.1 Å². The highest BCUT2D eigenvalue weighted by atomic mass is 16.2. The molecule has 0 saturated carbocycles. The number of benzene rings is 2. The van der Waals surface area contributed by atoms with Crippen LogP contribution in [0.25, 0.3) is 0 Å². The van der Waals surface area contributed by atoms with Gasteiger partial charge in [-0.25, -0.2) is 0 Å². The Morgan fingerprint density at radius 2 is 1.81 bits per heavy atom. The summed E-state index contributed by atoms with van der Waals surface area (Å²) in [5, 5.41) is 0. The fraction of sp³-hybridized carbons (Fsp3) is 0.364. The van der Waals surface area contributed by atoms with Crippen molar-refractivity contribution in [1.82, 2.24) is 0 Å². The lowest BCUT2D eigenvalue weighted by Crippen LogP contribution is -2.35. The number of rotatable bonds is 4. The molecule has 0 aromatic heterocycles. The van der Waals surface area contributed by atoms with Crippen LogP contribution in [-0.4, -0.2) is 18.2 Å². The van der Waals surface area contributed by atoms with Gasteiger partial charge < -0.3 is 10.6 Å². The molecule has 0 atom stereocenters. The molecule has 26 heavy (non-hydrogen) atoms. The van der Waals surface area contributed by atoms with Gasteiger partial charge in [0.05, 0.1) is 0 Å². The normalized spacial score (nSPS) is 15.5. The van der Waals surface area contributed by atoms with Crippen LogP contribution in [0.5, 0.6) is 0 Å². The molecule has 1 heterocycles. The van der Waals surface area contributed by atoms with Crippen molar-refractivity contribution in [3.8, 4) is 0 Å². The van der Waals surface area contributed by atoms with Gasteiger partial charge in [-0.1, -0.05) is 18.2 Å². The van der Waals surface area contributed by atoms with Crippen molar-refractivity contribution >= 4 is 23.1 Å². The van der Waals surface area contributed by atoms with E-state index in [4.69, 9.17) is 5.73 Å². The molecule has 2 aromatic carbocycles. The van der Waals surface area contributed by atoms with Crippen LogP contribution < -0.4 is 10.6 Å². The standard InChI is InChI=1S/C22H24N2O2/c23-19-7-2-8-20-18(19)6-3-13-24(20)22(26)12-11-21(25)17-10-9-15-4-1-5-16(15)14-17/h2,7-10,14H,1,3-6,11-13,23H2. The van der Waals surface area contributed by atoms with Gasteiger partial charge in [-0.15, -0.1) is 0 Å². The quantitative estimate of drug-likeness (QED) is 0.677. The first kappa shape index (κ1) is 16.8. The number of nitrogen functional groups attached to an aromatic ring is 1. The van der Waals surface area contributed by atoms with E-state index in [0.717, 1.165) is 48.2 Å². The van der Waals surface area contributed by atoms with Crippen LogP contribution in [0.2, 0.25) is 0 Å². The van der Waals surface area contributed by atoms with Crippen LogP contribution in [0.3, 0.4) is 0 Å². The van der Waals surface area contributed by atoms with E-state index in [2.05, 4.69) is 6.07 Å². The van der Waals surface area contributed by atoms with E-state index in [1.165, 1.54) is 17.5 Å². The number of aryl methyl sites for hydroxylation is 2. The molecule has 0 spiro atoms. The molecule has 1 aliphatic heterocycles. The minimum atomic E-state index is 0.00561. The first-order valence-corrected chi connectivity index (χ1v) is 9.46. The summed E-state index contributed by atoms with van der Waals surface area (Å²) in [6, 6.07) is 11.7. The van der Waals surface area contributed by atoms with E-state index in [9.17, 15) is 9.59 Å². The van der Waals surface area contributed by atoms with Gasteiger partial charge in [0.25, 0.3) is 0 Å². The summed E-state index contributed by atoms with van der Waals surface area (Å²) in [5.74, 6) is 0.0592. The summed E-state index contributed by atoms with van der Waals surface area (Å²) in [6.07, 6.45) is 5.64. The van der Waals surface area contributed by atoms with Gasteiger partial charge in [-0.3, -0.25) is 9.59 Å². The van der Waals surface area contributed by atoms with Crippen LogP contribution >= 0.6 is 0 Å². The van der Waals surface area contributed by atoms with Crippen LogP contribution in [0.4, 0.5) is 11.4 Å². The number of ketones is 1. The Kier molecular flexibility index (Phi) is 4.49. The summed E-state index contributed by atoms with van der Waals surface area (Å²) in [4.78, 5) is 27.1. The van der Waals surface area contributed by atoms with Crippen LogP contribution in [0, 0.1) is 0 Å². The number of fused-ring (bicyclic) bond motifs is 2. The maximum atomic E-state index is 12.7. The maximum absolute atomic E-state index is 12.7. The van der Waals surface area contributed by atoms with Gasteiger partial charge in [0.1, 0.15) is 0 Å². The minimum absolute atomic E-state index is 0.00561. The maximum Gasteiger partial charge on any atom is 0.227 e. The SMILES string of the molecule is Nc1cccc2c1CCCN2C(=O)CCC(=O)c1ccc2c(c1)CCC2. The van der Waals surface area contributed by atoms with E-state index in [1.807, 2.05) is 30.3 Å². The van der Waals surface area contributed by atoms with Gasteiger partial charge >= 0.3 is 0 Å². The van der Waals surface area contributed by atoms with Crippen molar-refractivity contribution in [2.24, 2.45) is 0 Å². The van der Waals surface area contributed by atoms with Crippen LogP contribution in [0.15, 0.2) is 36.4 Å². The van der Waals surface area contributed by atoms with E-state index in [1.54, 1.807) is 4.90 Å². The highest BCUT2D eigenvalue weighted by Gasteiger charge is 2.24. The summed E-state index contributed by atoms with van der Waals surface area (Å²) >= 11 is 0. The van der Waals surface area contributed by atoms with Crippen molar-refractivity contribution in [2.75, 3.05) is 17.2 Å². The predicted octanol–water partition coefficient (Wildman–Crippen LogP) is 3.70. The summed E-state index contributed by atoms with van der Waals surface area (Å²) < 4.78 is 0. The van der Waals surface area contributed by atoms with Gasteiger partial charge in [0.2, 0.25) is 5.91 Å². The number of hydrogen-bond acceptors (Lipinski definition) is 3. The molecule has 1 aliphatic carbocycles. The van der Waals surface area contributed by atoms with Gasteiger partial charge in [0.15, 0.2) is 5.78 Å². The monoisotopic (exact) mass is 348 g/mol. The van der Waals surface area contributed by atoms with Crippen molar-refractivity contribution in [3.05, 3.63) is 58.7 Å². The second-order valence-electron chi connectivity index (χ2n) is 7.25. The molecule has 1 amide bonds. The highest BCUT2D eigenvalue weighted by molar-refractivity contribution is 6.01. The third-order valence-corrected chi connectivity index (χ3v) is 5.57. The van der Waals surface area contributed by atoms with E-state index < -0.39 is 0 Å². The zero-order valence-corrected chi connectivity index (χ0v) is 15.0. The number of nitrogens with two attached hydrogens (primary N) is 1. The Hall–Kier alpha value is -2.62. The molecule has 0 saturated heterocycles. The van der Waals surface area contributed by atoms with Crippen LogP contribution in [0.1, 0.15) is 52.7 Å². The predicted molar refractivity (Wildman–Crippen MR) is 104 cm³/mol. The fourth-order valence-corrected chi connectivity index (χ4v) is 4.16. The number of amides is 1. The van der Waals surface area contributed by atoms with Gasteiger partial charge in [-0.2, -0.15) is 0 Å². The van der Waals surface area contributed by atoms with Crippen molar-refractivity contribution in [2.45, 2.75) is 44.9 Å². The minimum Gasteiger partial charge on any atom is -0.398 e. The first-order chi connectivity index (χ1) is 12.6. The molecule has 0 unspecified atom stereocenters. The number of nitrogens with zero attached hydrogens (tertiary/aromatic N) is 1. The Bertz CT molecular complexity index is 872. The number of Topliss-reactive ketones (excluding diaryl/α,β-unsaturated/α-hetero) is 1. The lowest BCUT2D eigenvalue weighted by molar-refractivity contribution is -0.118. The molecule has 0 bridgehead atoms. The fourth-order valence-electron chi connectivity index (χ4n) is 4.16.